The zero-order chi connectivity index (χ0) is 57.5. The number of anilines is 10. The van der Waals surface area contributed by atoms with E-state index in [1.54, 1.807) is 0 Å². The molecule has 0 spiro atoms. The summed E-state index contributed by atoms with van der Waals surface area (Å²) in [6, 6.07) is 73.1. The van der Waals surface area contributed by atoms with Crippen molar-refractivity contribution in [3.63, 3.8) is 0 Å². The third-order valence-corrected chi connectivity index (χ3v) is 22.3. The molecular weight excluding hydrogens is 1020 g/mol. The number of benzene rings is 9. The van der Waals surface area contributed by atoms with Gasteiger partial charge in [0, 0.05) is 67.3 Å². The third kappa shape index (κ3) is 6.97. The van der Waals surface area contributed by atoms with Gasteiger partial charge < -0.3 is 24.0 Å². The van der Waals surface area contributed by atoms with Crippen LogP contribution in [0.5, 0.6) is 0 Å². The molecule has 0 bridgehead atoms. The maximum Gasteiger partial charge on any atom is 0.252 e. The van der Waals surface area contributed by atoms with Gasteiger partial charge in [0.05, 0.1) is 27.8 Å². The molecule has 0 saturated heterocycles. The minimum Gasteiger partial charge on any atom is -0.456 e. The van der Waals surface area contributed by atoms with E-state index >= 15 is 0 Å². The minimum atomic E-state index is -0.186. The summed E-state index contributed by atoms with van der Waals surface area (Å²) < 4.78 is 6.90. The van der Waals surface area contributed by atoms with Crippen LogP contribution in [0.2, 0.25) is 0 Å². The molecule has 6 aliphatic rings. The van der Waals surface area contributed by atoms with Crippen LogP contribution >= 0.6 is 0 Å². The van der Waals surface area contributed by atoms with Crippen LogP contribution in [0, 0.1) is 0 Å². The monoisotopic (exact) mass is 1100 g/mol. The quantitative estimate of drug-likeness (QED) is 0.160. The van der Waals surface area contributed by atoms with Crippen LogP contribution in [-0.4, -0.2) is 17.8 Å². The normalized spacial score (nSPS) is 23.0. The highest BCUT2D eigenvalue weighted by molar-refractivity contribution is 7.00. The summed E-state index contributed by atoms with van der Waals surface area (Å²) in [6.07, 6.45) is 9.46. The zero-order valence-corrected chi connectivity index (χ0v) is 50.8. The first-order chi connectivity index (χ1) is 40.4. The van der Waals surface area contributed by atoms with E-state index in [0.717, 1.165) is 46.9 Å². The number of fused-ring (bicyclic) bond motifs is 13. The molecule has 4 unspecified atom stereocenters. The van der Waals surface area contributed by atoms with E-state index < -0.39 is 0 Å². The number of hydrogen-bond donors (Lipinski definition) is 0. The lowest BCUT2D eigenvalue weighted by molar-refractivity contribution is 0.195. The predicted octanol–water partition coefficient (Wildman–Crippen LogP) is 19.4. The summed E-state index contributed by atoms with van der Waals surface area (Å²) in [5.74, 6) is 0. The van der Waals surface area contributed by atoms with Crippen molar-refractivity contribution in [1.29, 1.82) is 0 Å². The van der Waals surface area contributed by atoms with E-state index in [9.17, 15) is 0 Å². The second-order valence-electron chi connectivity index (χ2n) is 28.7. The Kier molecular flexibility index (Phi) is 10.9. The first-order valence-electron chi connectivity index (χ1n) is 31.4. The molecule has 1 aromatic heterocycles. The molecule has 5 heterocycles. The van der Waals surface area contributed by atoms with Crippen LogP contribution in [0.4, 0.5) is 56.9 Å². The van der Waals surface area contributed by atoms with E-state index in [0.29, 0.717) is 0 Å². The fourth-order valence-corrected chi connectivity index (χ4v) is 17.4. The Bertz CT molecular complexity index is 4370. The van der Waals surface area contributed by atoms with Crippen molar-refractivity contribution in [2.45, 2.75) is 153 Å². The summed E-state index contributed by atoms with van der Waals surface area (Å²) in [7, 11) is 0. The van der Waals surface area contributed by atoms with Crippen molar-refractivity contribution in [3.05, 3.63) is 210 Å². The average molecular weight is 1100 g/mol. The van der Waals surface area contributed by atoms with Gasteiger partial charge in [0.1, 0.15) is 11.2 Å². The molecule has 16 rings (SSSR count). The van der Waals surface area contributed by atoms with Crippen molar-refractivity contribution < 1.29 is 4.42 Å². The van der Waals surface area contributed by atoms with Crippen LogP contribution in [0.25, 0.3) is 33.1 Å². The topological polar surface area (TPSA) is 26.1 Å². The van der Waals surface area contributed by atoms with E-state index in [2.05, 4.69) is 277 Å². The maximum absolute atomic E-state index is 6.90. The Hall–Kier alpha value is -7.96. The number of rotatable bonds is 5. The van der Waals surface area contributed by atoms with Crippen molar-refractivity contribution in [2.24, 2.45) is 0 Å². The second-order valence-corrected chi connectivity index (χ2v) is 28.7. The van der Waals surface area contributed by atoms with Gasteiger partial charge in [0.2, 0.25) is 0 Å². The summed E-state index contributed by atoms with van der Waals surface area (Å²) >= 11 is 0. The molecule has 2 fully saturated rings. The number of furan rings is 1. The highest BCUT2D eigenvalue weighted by Crippen LogP contribution is 2.64. The second kappa shape index (κ2) is 17.8. The molecule has 418 valence electrons. The fourth-order valence-electron chi connectivity index (χ4n) is 17.4. The van der Waals surface area contributed by atoms with Gasteiger partial charge in [-0.25, -0.2) is 0 Å². The number of nitrogens with zero attached hydrogens (tertiary/aromatic N) is 4. The minimum absolute atomic E-state index is 0.00367. The number of hydrogen-bond acceptors (Lipinski definition) is 5. The zero-order valence-electron chi connectivity index (χ0n) is 50.8. The van der Waals surface area contributed by atoms with Crippen LogP contribution < -0.4 is 36.0 Å². The summed E-state index contributed by atoms with van der Waals surface area (Å²) in [6.45, 7) is 24.3. The largest absolute Gasteiger partial charge is 0.456 e. The third-order valence-electron chi connectivity index (χ3n) is 22.3. The van der Waals surface area contributed by atoms with Crippen LogP contribution in [0.3, 0.4) is 0 Å². The van der Waals surface area contributed by atoms with Crippen molar-refractivity contribution in [3.8, 4) is 11.1 Å². The van der Waals surface area contributed by atoms with E-state index in [1.165, 1.54) is 133 Å². The molecule has 84 heavy (non-hydrogen) atoms. The molecule has 9 aromatic carbocycles. The molecule has 0 amide bonds. The Labute approximate surface area is 498 Å². The Balaban J connectivity index is 1.06. The standard InChI is InChI=1S/C78H77BN4O/c1-73(2,3)51-35-39-61(56(45-51)50-25-12-11-13-26-50)80-64-40-36-52(74(4,5)6)46-60(64)79-59-38-37-53(82-62-30-17-15-28-57(62)75(7)41-20-22-43-77(75,82)9)47-66(59)81(65-32-24-34-70-71(65)55-27-14-19-33-69(55)84-70)68-49-54(48-67(80)72(68)79)83-63-31-18-16-29-58(63)76(8)42-21-23-44-78(76,83)10/h11-19,24-40,45-49H,20-23,41-44H2,1-10H3. The first kappa shape index (κ1) is 51.7. The molecule has 0 radical (unpaired) electrons. The van der Waals surface area contributed by atoms with Gasteiger partial charge in [-0.3, -0.25) is 0 Å². The van der Waals surface area contributed by atoms with Gasteiger partial charge in [-0.15, -0.1) is 0 Å². The SMILES string of the molecule is CC(C)(C)c1ccc2c(c1)B1c3ccc(N4c5ccccc5C5(C)CCCCC45C)cc3N(c3cccc4oc5ccccc5c34)c3cc(N4c5ccccc5C5(C)CCCCC45C)cc(c31)N2c1ccc(C(C)(C)C)cc1-c1ccccc1. The molecule has 4 aliphatic heterocycles. The van der Waals surface area contributed by atoms with Gasteiger partial charge in [-0.2, -0.15) is 0 Å². The number of para-hydroxylation sites is 3. The molecule has 2 aliphatic carbocycles. The van der Waals surface area contributed by atoms with Crippen molar-refractivity contribution >= 4 is 102 Å². The van der Waals surface area contributed by atoms with Gasteiger partial charge in [-0.1, -0.05) is 196 Å². The maximum atomic E-state index is 6.90. The molecule has 5 nitrogen and oxygen atoms in total. The van der Waals surface area contributed by atoms with Crippen LogP contribution in [-0.2, 0) is 21.7 Å². The summed E-state index contributed by atoms with van der Waals surface area (Å²) in [5.41, 5.74) is 25.6. The highest BCUT2D eigenvalue weighted by atomic mass is 16.3. The lowest BCUT2D eigenvalue weighted by atomic mass is 9.33. The molecular formula is C78H77BN4O. The first-order valence-corrected chi connectivity index (χ1v) is 31.4. The lowest BCUT2D eigenvalue weighted by Crippen LogP contribution is -2.62. The highest BCUT2D eigenvalue weighted by Gasteiger charge is 2.60. The lowest BCUT2D eigenvalue weighted by Gasteiger charge is -2.51. The molecule has 4 atom stereocenters. The van der Waals surface area contributed by atoms with Crippen molar-refractivity contribution in [2.75, 3.05) is 19.6 Å². The van der Waals surface area contributed by atoms with Crippen LogP contribution in [0.15, 0.2) is 192 Å². The smallest absolute Gasteiger partial charge is 0.252 e. The summed E-state index contributed by atoms with van der Waals surface area (Å²) in [5, 5.41) is 2.25. The molecule has 2 saturated carbocycles. The predicted molar refractivity (Wildman–Crippen MR) is 356 cm³/mol. The molecule has 10 aromatic rings. The van der Waals surface area contributed by atoms with E-state index in [4.69, 9.17) is 4.42 Å². The Morgan fingerprint density at radius 2 is 0.929 bits per heavy atom. The molecule has 0 N–H and O–H groups in total. The average Bonchev–Trinajstić information content (AvgIpc) is 1.64. The van der Waals surface area contributed by atoms with Crippen LogP contribution in [0.1, 0.15) is 143 Å². The molecule has 6 heteroatoms. The van der Waals surface area contributed by atoms with Gasteiger partial charge in [-0.05, 0) is 167 Å². The Morgan fingerprint density at radius 3 is 1.58 bits per heavy atom. The summed E-state index contributed by atoms with van der Waals surface area (Å²) in [4.78, 5) is 11.0. The Morgan fingerprint density at radius 1 is 0.405 bits per heavy atom. The van der Waals surface area contributed by atoms with Gasteiger partial charge in [0.15, 0.2) is 0 Å². The van der Waals surface area contributed by atoms with E-state index in [1.807, 2.05) is 0 Å². The van der Waals surface area contributed by atoms with Gasteiger partial charge in [0.25, 0.3) is 6.71 Å². The fraction of sp³-hybridized carbons (Fsp3) is 0.308. The van der Waals surface area contributed by atoms with Crippen molar-refractivity contribution in [1.82, 2.24) is 0 Å². The van der Waals surface area contributed by atoms with Gasteiger partial charge >= 0.3 is 0 Å². The van der Waals surface area contributed by atoms with E-state index in [-0.39, 0.29) is 39.5 Å².